The van der Waals surface area contributed by atoms with E-state index in [1.807, 2.05) is 27.2 Å². The molecule has 0 spiro atoms. The van der Waals surface area contributed by atoms with Crippen molar-refractivity contribution >= 4 is 13.7 Å². The van der Waals surface area contributed by atoms with Crippen LogP contribution in [-0.2, 0) is 18.4 Å². The number of unbranched alkanes of at least 4 members (excludes halogenated alkanes) is 56. The average Bonchev–Trinajstić information content (AvgIpc) is 3.43. The molecule has 0 saturated carbocycles. The number of nitrogens with zero attached hydrogens (tertiary/aromatic N) is 1. The van der Waals surface area contributed by atoms with E-state index in [9.17, 15) is 19.4 Å². The molecule has 0 fully saturated rings. The zero-order valence-corrected chi connectivity index (χ0v) is 56.4. The fourth-order valence-corrected chi connectivity index (χ4v) is 12.3. The number of nitrogens with one attached hydrogen (secondary N) is 1. The van der Waals surface area contributed by atoms with Crippen molar-refractivity contribution in [1.29, 1.82) is 0 Å². The second-order valence-electron chi connectivity index (χ2n) is 26.7. The van der Waals surface area contributed by atoms with Crippen molar-refractivity contribution < 1.29 is 32.9 Å². The van der Waals surface area contributed by atoms with E-state index in [4.69, 9.17) is 9.05 Å². The summed E-state index contributed by atoms with van der Waals surface area (Å²) in [6.45, 7) is 4.73. The largest absolute Gasteiger partial charge is 0.756 e. The van der Waals surface area contributed by atoms with Crippen molar-refractivity contribution in [3.05, 3.63) is 12.2 Å². The molecule has 0 rings (SSSR count). The minimum Gasteiger partial charge on any atom is -0.756 e. The van der Waals surface area contributed by atoms with Crippen molar-refractivity contribution in [2.75, 3.05) is 40.9 Å². The summed E-state index contributed by atoms with van der Waals surface area (Å²) in [5.41, 5.74) is 0. The first-order valence-corrected chi connectivity index (χ1v) is 38.0. The fraction of sp³-hybridized carbons (Fsp3) is 0.958. The van der Waals surface area contributed by atoms with Gasteiger partial charge in [0.1, 0.15) is 13.2 Å². The van der Waals surface area contributed by atoms with Gasteiger partial charge >= 0.3 is 0 Å². The molecule has 3 unspecified atom stereocenters. The number of likely N-dealkylation sites (N-methyl/N-ethyl adjacent to an activating group) is 1. The maximum Gasteiger partial charge on any atom is 0.268 e. The summed E-state index contributed by atoms with van der Waals surface area (Å²) in [6, 6.07) is -0.884. The van der Waals surface area contributed by atoms with Crippen LogP contribution in [0.2, 0.25) is 0 Å². The second-order valence-corrected chi connectivity index (χ2v) is 28.1. The molecule has 3 atom stereocenters. The first-order valence-electron chi connectivity index (χ1n) is 36.6. The van der Waals surface area contributed by atoms with Crippen LogP contribution in [0.5, 0.6) is 0 Å². The number of hydrogen-bond donors (Lipinski definition) is 2. The molecule has 9 heteroatoms. The topological polar surface area (TPSA) is 108 Å². The number of rotatable bonds is 69. The molecule has 0 aliphatic heterocycles. The molecule has 81 heavy (non-hydrogen) atoms. The lowest BCUT2D eigenvalue weighted by Crippen LogP contribution is -2.45. The Morgan fingerprint density at radius 1 is 0.420 bits per heavy atom. The van der Waals surface area contributed by atoms with E-state index in [-0.39, 0.29) is 19.1 Å². The Balaban J connectivity index is 4.00. The molecule has 0 aromatic heterocycles. The van der Waals surface area contributed by atoms with Gasteiger partial charge in [-0.2, -0.15) is 0 Å². The normalized spacial score (nSPS) is 13.6. The number of aliphatic hydroxyl groups is 1. The van der Waals surface area contributed by atoms with Gasteiger partial charge in [0.15, 0.2) is 0 Å². The Hall–Kier alpha value is -0.760. The fourth-order valence-electron chi connectivity index (χ4n) is 11.6. The minimum absolute atomic E-state index is 0.00307. The number of carbonyl (C=O) groups excluding carboxylic acids is 1. The van der Waals surface area contributed by atoms with Gasteiger partial charge in [-0.05, 0) is 19.3 Å². The van der Waals surface area contributed by atoms with Gasteiger partial charge in [-0.25, -0.2) is 0 Å². The third-order valence-electron chi connectivity index (χ3n) is 17.2. The number of quaternary nitrogens is 1. The molecule has 0 bridgehead atoms. The van der Waals surface area contributed by atoms with Crippen LogP contribution >= 0.6 is 7.82 Å². The van der Waals surface area contributed by atoms with Crippen molar-refractivity contribution in [1.82, 2.24) is 5.32 Å². The first kappa shape index (κ1) is 80.2. The number of allylic oxidation sites excluding steroid dienone is 1. The highest BCUT2D eigenvalue weighted by Crippen LogP contribution is 2.38. The summed E-state index contributed by atoms with van der Waals surface area (Å²) in [7, 11) is 1.29. The smallest absolute Gasteiger partial charge is 0.268 e. The number of phosphoric ester groups is 1. The van der Waals surface area contributed by atoms with Crippen LogP contribution in [0.3, 0.4) is 0 Å². The third kappa shape index (κ3) is 66.6. The van der Waals surface area contributed by atoms with E-state index in [1.165, 1.54) is 334 Å². The van der Waals surface area contributed by atoms with E-state index in [1.54, 1.807) is 6.08 Å². The molecule has 0 aromatic carbocycles. The van der Waals surface area contributed by atoms with Crippen molar-refractivity contribution in [2.45, 2.75) is 405 Å². The van der Waals surface area contributed by atoms with Gasteiger partial charge in [0, 0.05) is 6.42 Å². The molecule has 8 nitrogen and oxygen atoms in total. The first-order chi connectivity index (χ1) is 39.5. The molecule has 1 amide bonds. The molecular formula is C72H145N2O6P. The van der Waals surface area contributed by atoms with E-state index in [0.29, 0.717) is 17.4 Å². The maximum atomic E-state index is 13.0. The number of phosphoric acid groups is 1. The lowest BCUT2D eigenvalue weighted by molar-refractivity contribution is -0.870. The zero-order valence-electron chi connectivity index (χ0n) is 55.5. The van der Waals surface area contributed by atoms with E-state index < -0.39 is 20.0 Å². The van der Waals surface area contributed by atoms with Gasteiger partial charge in [-0.15, -0.1) is 0 Å². The second kappa shape index (κ2) is 63.7. The predicted octanol–water partition coefficient (Wildman–Crippen LogP) is 22.7. The lowest BCUT2D eigenvalue weighted by Gasteiger charge is -2.29. The maximum absolute atomic E-state index is 13.0. The average molecular weight is 1170 g/mol. The summed E-state index contributed by atoms with van der Waals surface area (Å²) in [5.74, 6) is -0.187. The van der Waals surface area contributed by atoms with Gasteiger partial charge in [0.25, 0.3) is 7.82 Å². The van der Waals surface area contributed by atoms with Gasteiger partial charge in [0.05, 0.1) is 39.9 Å². The molecule has 0 aliphatic rings. The predicted molar refractivity (Wildman–Crippen MR) is 353 cm³/mol. The van der Waals surface area contributed by atoms with Crippen LogP contribution in [-0.4, -0.2) is 68.5 Å². The van der Waals surface area contributed by atoms with Crippen LogP contribution in [0, 0.1) is 0 Å². The highest BCUT2D eigenvalue weighted by atomic mass is 31.2. The third-order valence-corrected chi connectivity index (χ3v) is 18.2. The Morgan fingerprint density at radius 2 is 0.667 bits per heavy atom. The molecule has 2 N–H and O–H groups in total. The molecule has 0 aliphatic carbocycles. The summed E-state index contributed by atoms with van der Waals surface area (Å²) in [5, 5.41) is 14.0. The monoisotopic (exact) mass is 1170 g/mol. The Labute approximate surface area is 507 Å². The van der Waals surface area contributed by atoms with Crippen LogP contribution in [0.25, 0.3) is 0 Å². The van der Waals surface area contributed by atoms with Crippen molar-refractivity contribution in [2.24, 2.45) is 0 Å². The highest BCUT2D eigenvalue weighted by Gasteiger charge is 2.23. The van der Waals surface area contributed by atoms with Crippen LogP contribution < -0.4 is 10.2 Å². The Kier molecular flexibility index (Phi) is 63.1. The number of amides is 1. The molecule has 0 radical (unpaired) electrons. The lowest BCUT2D eigenvalue weighted by atomic mass is 10.0. The molecular weight excluding hydrogens is 1020 g/mol. The van der Waals surface area contributed by atoms with E-state index in [2.05, 4.69) is 19.2 Å². The summed E-state index contributed by atoms with van der Waals surface area (Å²) < 4.78 is 23.5. The van der Waals surface area contributed by atoms with Gasteiger partial charge in [-0.3, -0.25) is 9.36 Å². The Bertz CT molecular complexity index is 1320. The highest BCUT2D eigenvalue weighted by molar-refractivity contribution is 7.45. The molecule has 0 saturated heterocycles. The van der Waals surface area contributed by atoms with Crippen LogP contribution in [0.4, 0.5) is 0 Å². The van der Waals surface area contributed by atoms with E-state index >= 15 is 0 Å². The number of carbonyl (C=O) groups is 1. The van der Waals surface area contributed by atoms with Crippen molar-refractivity contribution in [3.63, 3.8) is 0 Å². The minimum atomic E-state index is -4.60. The van der Waals surface area contributed by atoms with E-state index in [0.717, 1.165) is 38.5 Å². The number of aliphatic hydroxyl groups excluding tert-OH is 1. The number of hydrogen-bond acceptors (Lipinski definition) is 6. The van der Waals surface area contributed by atoms with Crippen LogP contribution in [0.1, 0.15) is 393 Å². The SMILES string of the molecule is CCCCCCCCCCCCCCCCCCCCCCCCCCCCCCCC/C=C/C(O)C(COP(=O)([O-])OCC[N+](C)(C)C)NC(=O)CCCCCCCCCCCCCCCCCCCCCCCCCCCCC. The van der Waals surface area contributed by atoms with Gasteiger partial charge in [0.2, 0.25) is 5.91 Å². The Morgan fingerprint density at radius 3 is 0.926 bits per heavy atom. The van der Waals surface area contributed by atoms with Gasteiger partial charge in [-0.1, -0.05) is 379 Å². The summed E-state index contributed by atoms with van der Waals surface area (Å²) in [4.78, 5) is 25.6. The quantitative estimate of drug-likeness (QED) is 0.0272. The van der Waals surface area contributed by atoms with Gasteiger partial charge < -0.3 is 28.8 Å². The van der Waals surface area contributed by atoms with Crippen LogP contribution in [0.15, 0.2) is 12.2 Å². The molecule has 0 heterocycles. The molecule has 484 valence electrons. The summed E-state index contributed by atoms with van der Waals surface area (Å²) in [6.07, 6.45) is 82.1. The van der Waals surface area contributed by atoms with Crippen molar-refractivity contribution in [3.8, 4) is 0 Å². The zero-order chi connectivity index (χ0) is 59.1. The molecule has 0 aromatic rings. The standard InChI is InChI=1S/C72H145N2O6P/c1-6-8-10-12-14-16-18-20-22-24-26-28-30-32-34-35-36-37-38-40-41-43-45-47-49-51-53-55-57-59-61-63-65-71(75)70(69-80-81(77,78)79-68-67-74(3,4)5)73-72(76)66-64-62-60-58-56-54-52-50-48-46-44-42-39-33-31-29-27-25-23-21-19-17-15-13-11-9-7-2/h63,65,70-71,75H,6-62,64,66-69H2,1-5H3,(H-,73,76,77,78)/b65-63+. The summed E-state index contributed by atoms with van der Waals surface area (Å²) >= 11 is 0.